The molecule has 5 heterocycles. The number of alkyl halides is 3. The molecular formula is C33H33F3N6O5. The van der Waals surface area contributed by atoms with Crippen molar-refractivity contribution in [2.24, 2.45) is 0 Å². The van der Waals surface area contributed by atoms with Gasteiger partial charge in [0.1, 0.15) is 11.2 Å². The van der Waals surface area contributed by atoms with Gasteiger partial charge in [-0.05, 0) is 82.1 Å². The topological polar surface area (TPSA) is 151 Å². The van der Waals surface area contributed by atoms with Crippen LogP contribution in [0.25, 0.3) is 11.1 Å². The predicted molar refractivity (Wildman–Crippen MR) is 163 cm³/mol. The van der Waals surface area contributed by atoms with E-state index in [4.69, 9.17) is 9.40 Å². The molecule has 0 radical (unpaired) electrons. The minimum atomic E-state index is -4.63. The first-order chi connectivity index (χ1) is 22.2. The first-order valence-corrected chi connectivity index (χ1v) is 15.3. The molecule has 1 aromatic carbocycles. The Kier molecular flexibility index (Phi) is 8.57. The fourth-order valence-corrected chi connectivity index (χ4v) is 6.02. The molecule has 1 atom stereocenters. The van der Waals surface area contributed by atoms with Crippen LogP contribution in [0, 0.1) is 0 Å². The average Bonchev–Trinajstić information content (AvgIpc) is 3.43. The number of fused-ring (bicyclic) bond motifs is 1. The van der Waals surface area contributed by atoms with Gasteiger partial charge in [-0.1, -0.05) is 0 Å². The van der Waals surface area contributed by atoms with E-state index in [2.05, 4.69) is 25.5 Å². The van der Waals surface area contributed by atoms with E-state index in [1.807, 2.05) is 12.1 Å². The summed E-state index contributed by atoms with van der Waals surface area (Å²) in [6.07, 6.45) is 0.211. The van der Waals surface area contributed by atoms with Crippen LogP contribution >= 0.6 is 0 Å². The van der Waals surface area contributed by atoms with E-state index >= 15 is 0 Å². The van der Waals surface area contributed by atoms with E-state index in [0.29, 0.717) is 47.6 Å². The van der Waals surface area contributed by atoms with Gasteiger partial charge in [0.25, 0.3) is 5.91 Å². The van der Waals surface area contributed by atoms with Gasteiger partial charge >= 0.3 is 6.18 Å². The molecule has 246 valence electrons. The number of imide groups is 1. The number of pyridine rings is 2. The standard InChI is InChI=1S/C33H33F3N6O5/c1-32(2,46)22-14-25-26(15-24(22)39-29(44)20-3-5-27(38-16-20)33(34,35)36)47-31(40-25)19-8-11-42(12-9-19)17-18-7-10-37-23(13-18)21-4-6-28(43)41-30(21)45/h3,5,7,10,13-16,19,21,46H,4,6,8-9,11-12,17H2,1-2H3,(H,39,44)(H,41,43,45). The Morgan fingerprint density at radius 2 is 1.85 bits per heavy atom. The number of carbonyl (C=O) groups excluding carboxylic acids is 3. The summed E-state index contributed by atoms with van der Waals surface area (Å²) >= 11 is 0. The second-order valence-corrected chi connectivity index (χ2v) is 12.5. The third kappa shape index (κ3) is 7.18. The Hall–Kier alpha value is -4.69. The van der Waals surface area contributed by atoms with Gasteiger partial charge in [-0.2, -0.15) is 13.2 Å². The van der Waals surface area contributed by atoms with Crippen LogP contribution in [-0.4, -0.2) is 55.8 Å². The minimum absolute atomic E-state index is 0.0389. The van der Waals surface area contributed by atoms with E-state index in [-0.39, 0.29) is 29.0 Å². The zero-order valence-electron chi connectivity index (χ0n) is 25.7. The summed E-state index contributed by atoms with van der Waals surface area (Å²) in [4.78, 5) is 51.5. The first kappa shape index (κ1) is 32.3. The number of anilines is 1. The van der Waals surface area contributed by atoms with Crippen LogP contribution in [-0.2, 0) is 27.9 Å². The van der Waals surface area contributed by atoms with Crippen molar-refractivity contribution in [3.05, 3.63) is 82.8 Å². The summed E-state index contributed by atoms with van der Waals surface area (Å²) in [5.74, 6) is -1.13. The number of aromatic nitrogens is 3. The highest BCUT2D eigenvalue weighted by Crippen LogP contribution is 2.36. The number of amides is 3. The van der Waals surface area contributed by atoms with Crippen LogP contribution < -0.4 is 10.6 Å². The summed E-state index contributed by atoms with van der Waals surface area (Å²) in [6, 6.07) is 8.83. The number of carbonyl (C=O) groups is 3. The maximum atomic E-state index is 12.9. The van der Waals surface area contributed by atoms with Crippen LogP contribution in [0.15, 0.2) is 53.2 Å². The molecule has 2 saturated heterocycles. The Morgan fingerprint density at radius 3 is 2.51 bits per heavy atom. The van der Waals surface area contributed by atoms with E-state index in [0.717, 1.165) is 49.8 Å². The van der Waals surface area contributed by atoms with E-state index in [1.54, 1.807) is 32.2 Å². The molecule has 2 fully saturated rings. The van der Waals surface area contributed by atoms with Crippen molar-refractivity contribution in [1.29, 1.82) is 0 Å². The zero-order valence-corrected chi connectivity index (χ0v) is 25.7. The number of rotatable bonds is 7. The molecule has 11 nitrogen and oxygen atoms in total. The zero-order chi connectivity index (χ0) is 33.5. The minimum Gasteiger partial charge on any atom is -0.440 e. The Labute approximate surface area is 267 Å². The van der Waals surface area contributed by atoms with Gasteiger partial charge in [0.15, 0.2) is 11.5 Å². The van der Waals surface area contributed by atoms with Crippen LogP contribution in [0.5, 0.6) is 0 Å². The van der Waals surface area contributed by atoms with E-state index in [9.17, 15) is 32.7 Å². The fourth-order valence-electron chi connectivity index (χ4n) is 6.02. The second-order valence-electron chi connectivity index (χ2n) is 12.5. The lowest BCUT2D eigenvalue weighted by molar-refractivity contribution is -0.141. The lowest BCUT2D eigenvalue weighted by Gasteiger charge is -2.30. The van der Waals surface area contributed by atoms with Crippen molar-refractivity contribution in [3.63, 3.8) is 0 Å². The first-order valence-electron chi connectivity index (χ1n) is 15.3. The number of hydrogen-bond acceptors (Lipinski definition) is 9. The van der Waals surface area contributed by atoms with Gasteiger partial charge in [-0.15, -0.1) is 0 Å². The van der Waals surface area contributed by atoms with Gasteiger partial charge in [0, 0.05) is 42.9 Å². The smallest absolute Gasteiger partial charge is 0.433 e. The van der Waals surface area contributed by atoms with Crippen LogP contribution in [0.4, 0.5) is 18.9 Å². The van der Waals surface area contributed by atoms with Crippen LogP contribution in [0.3, 0.4) is 0 Å². The quantitative estimate of drug-likeness (QED) is 0.235. The number of likely N-dealkylation sites (tertiary alicyclic amines) is 1. The largest absolute Gasteiger partial charge is 0.440 e. The molecule has 1 unspecified atom stereocenters. The van der Waals surface area contributed by atoms with Crippen molar-refractivity contribution in [1.82, 2.24) is 25.2 Å². The van der Waals surface area contributed by atoms with Gasteiger partial charge in [0.05, 0.1) is 28.5 Å². The molecule has 3 N–H and O–H groups in total. The Balaban J connectivity index is 1.13. The SMILES string of the molecule is CC(C)(O)c1cc2nc(C3CCN(Cc4ccnc(C5CCC(=O)NC5=O)c4)CC3)oc2cc1NC(=O)c1ccc(C(F)(F)F)nc1. The van der Waals surface area contributed by atoms with Gasteiger partial charge in [0.2, 0.25) is 11.8 Å². The third-order valence-corrected chi connectivity index (χ3v) is 8.55. The van der Waals surface area contributed by atoms with Gasteiger partial charge in [-0.25, -0.2) is 4.98 Å². The molecule has 0 aliphatic carbocycles. The lowest BCUT2D eigenvalue weighted by atomic mass is 9.93. The Morgan fingerprint density at radius 1 is 1.09 bits per heavy atom. The van der Waals surface area contributed by atoms with Crippen LogP contribution in [0.2, 0.25) is 0 Å². The van der Waals surface area contributed by atoms with Gasteiger partial charge < -0.3 is 14.8 Å². The highest BCUT2D eigenvalue weighted by atomic mass is 19.4. The molecule has 4 aromatic rings. The molecular weight excluding hydrogens is 617 g/mol. The molecule has 3 amide bonds. The second kappa shape index (κ2) is 12.5. The van der Waals surface area contributed by atoms with Crippen molar-refractivity contribution in [3.8, 4) is 0 Å². The van der Waals surface area contributed by atoms with Crippen LogP contribution in [0.1, 0.15) is 90.1 Å². The molecule has 0 bridgehead atoms. The number of nitrogens with zero attached hydrogens (tertiary/aromatic N) is 4. The fraction of sp³-hybridized carbons (Fsp3) is 0.394. The predicted octanol–water partition coefficient (Wildman–Crippen LogP) is 5.02. The molecule has 6 rings (SSSR count). The molecule has 3 aromatic heterocycles. The highest BCUT2D eigenvalue weighted by molar-refractivity contribution is 6.05. The summed E-state index contributed by atoms with van der Waals surface area (Å²) in [7, 11) is 0. The number of nitrogens with one attached hydrogen (secondary N) is 2. The molecule has 2 aliphatic heterocycles. The lowest BCUT2D eigenvalue weighted by Crippen LogP contribution is -2.39. The van der Waals surface area contributed by atoms with Crippen molar-refractivity contribution >= 4 is 34.5 Å². The molecule has 14 heteroatoms. The average molecular weight is 651 g/mol. The number of benzene rings is 1. The third-order valence-electron chi connectivity index (χ3n) is 8.55. The molecule has 2 aliphatic rings. The number of piperidine rings is 2. The van der Waals surface area contributed by atoms with E-state index in [1.165, 1.54) is 0 Å². The van der Waals surface area contributed by atoms with Crippen molar-refractivity contribution in [2.45, 2.75) is 69.7 Å². The molecule has 0 spiro atoms. The molecule has 47 heavy (non-hydrogen) atoms. The maximum absolute atomic E-state index is 12.9. The molecule has 0 saturated carbocycles. The number of halogens is 3. The van der Waals surface area contributed by atoms with Gasteiger partial charge in [-0.3, -0.25) is 34.6 Å². The summed E-state index contributed by atoms with van der Waals surface area (Å²) in [5, 5.41) is 15.9. The summed E-state index contributed by atoms with van der Waals surface area (Å²) < 4.78 is 44.9. The normalized spacial score (nSPS) is 18.4. The van der Waals surface area contributed by atoms with Crippen molar-refractivity contribution in [2.75, 3.05) is 18.4 Å². The van der Waals surface area contributed by atoms with Crippen molar-refractivity contribution < 1.29 is 37.1 Å². The maximum Gasteiger partial charge on any atom is 0.433 e. The van der Waals surface area contributed by atoms with E-state index < -0.39 is 29.3 Å². The number of aliphatic hydroxyl groups is 1. The number of hydrogen-bond donors (Lipinski definition) is 3. The summed E-state index contributed by atoms with van der Waals surface area (Å²) in [5.41, 5.74) is 0.619. The monoisotopic (exact) mass is 650 g/mol. The number of oxazole rings is 1. The highest BCUT2D eigenvalue weighted by Gasteiger charge is 2.33. The summed E-state index contributed by atoms with van der Waals surface area (Å²) in [6.45, 7) is 5.33. The Bertz CT molecular complexity index is 1830.